The number of aromatic nitrogens is 4. The first-order valence-corrected chi connectivity index (χ1v) is 11.1. The molecule has 2 bridgehead atoms. The summed E-state index contributed by atoms with van der Waals surface area (Å²) in [6, 6.07) is 0.310. The van der Waals surface area contributed by atoms with E-state index in [0.717, 1.165) is 18.7 Å². The van der Waals surface area contributed by atoms with E-state index >= 15 is 0 Å². The van der Waals surface area contributed by atoms with Crippen molar-refractivity contribution in [2.45, 2.75) is 51.0 Å². The first-order chi connectivity index (χ1) is 15.0. The number of piperidine rings is 1. The molecule has 5 rings (SSSR count). The average Bonchev–Trinajstić information content (AvgIpc) is 2.97. The molecule has 2 aromatic rings. The molecule has 5 heterocycles. The van der Waals surface area contributed by atoms with Gasteiger partial charge in [-0.1, -0.05) is 11.6 Å². The molecule has 11 heteroatoms. The molecule has 0 spiro atoms. The predicted octanol–water partition coefficient (Wildman–Crippen LogP) is 2.95. The highest BCUT2D eigenvalue weighted by Crippen LogP contribution is 2.36. The van der Waals surface area contributed by atoms with E-state index in [4.69, 9.17) is 26.2 Å². The number of rotatable bonds is 2. The third kappa shape index (κ3) is 4.16. The topological polar surface area (TPSA) is 89.4 Å². The Kier molecular flexibility index (Phi) is 5.61. The third-order valence-electron chi connectivity index (χ3n) is 6.16. The molecule has 3 aliphatic rings. The fourth-order valence-corrected chi connectivity index (χ4v) is 4.47. The number of hydrogen-bond acceptors (Lipinski definition) is 8. The fourth-order valence-electron chi connectivity index (χ4n) is 4.32. The van der Waals surface area contributed by atoms with Crippen molar-refractivity contribution in [3.63, 3.8) is 0 Å². The molecule has 0 aromatic carbocycles. The molecule has 9 nitrogen and oxygen atoms in total. The molecule has 2 fully saturated rings. The van der Waals surface area contributed by atoms with Crippen LogP contribution in [0.4, 0.5) is 21.8 Å². The van der Waals surface area contributed by atoms with Crippen LogP contribution in [0.5, 0.6) is 5.88 Å². The maximum Gasteiger partial charge on any atom is 0.257 e. The second-order valence-corrected chi connectivity index (χ2v) is 8.95. The van der Waals surface area contributed by atoms with Gasteiger partial charge in [-0.25, -0.2) is 9.37 Å². The second-order valence-electron chi connectivity index (χ2n) is 8.54. The number of nitrogens with zero attached hydrogens (tertiary/aromatic N) is 5. The van der Waals surface area contributed by atoms with E-state index in [9.17, 15) is 4.39 Å². The quantitative estimate of drug-likeness (QED) is 0.720. The van der Waals surface area contributed by atoms with Gasteiger partial charge in [0.2, 0.25) is 5.95 Å². The van der Waals surface area contributed by atoms with E-state index in [0.29, 0.717) is 61.1 Å². The van der Waals surface area contributed by atoms with Crippen molar-refractivity contribution in [2.75, 3.05) is 43.5 Å². The molecule has 3 aliphatic heterocycles. The first-order valence-electron chi connectivity index (χ1n) is 10.7. The number of likely N-dealkylation sites (tertiary alicyclic amines) is 1. The Bertz CT molecular complexity index is 954. The predicted molar refractivity (Wildman–Crippen MR) is 115 cm³/mol. The summed E-state index contributed by atoms with van der Waals surface area (Å²) in [6.45, 7) is 6.99. The normalized spacial score (nSPS) is 27.2. The molecule has 0 radical (unpaired) electrons. The van der Waals surface area contributed by atoms with Crippen LogP contribution in [-0.4, -0.2) is 75.8 Å². The third-order valence-corrected chi connectivity index (χ3v) is 6.44. The molecule has 0 aliphatic carbocycles. The van der Waals surface area contributed by atoms with Gasteiger partial charge in [-0.3, -0.25) is 9.58 Å². The summed E-state index contributed by atoms with van der Waals surface area (Å²) in [5.41, 5.74) is 1.56. The van der Waals surface area contributed by atoms with Gasteiger partial charge in [-0.05, 0) is 13.8 Å². The number of anilines is 3. The molecule has 2 N–H and O–H groups in total. The van der Waals surface area contributed by atoms with Crippen molar-refractivity contribution in [3.8, 4) is 5.88 Å². The summed E-state index contributed by atoms with van der Waals surface area (Å²) in [5, 5.41) is 11.7. The van der Waals surface area contributed by atoms with Gasteiger partial charge in [0.05, 0.1) is 43.8 Å². The van der Waals surface area contributed by atoms with Gasteiger partial charge >= 0.3 is 0 Å². The van der Waals surface area contributed by atoms with Gasteiger partial charge in [0, 0.05) is 32.0 Å². The zero-order valence-electron chi connectivity index (χ0n) is 17.6. The van der Waals surface area contributed by atoms with E-state index in [1.165, 1.54) is 0 Å². The smallest absolute Gasteiger partial charge is 0.257 e. The molecule has 2 aromatic heterocycles. The molecule has 168 valence electrons. The van der Waals surface area contributed by atoms with Crippen molar-refractivity contribution in [3.05, 3.63) is 16.9 Å². The minimum atomic E-state index is -0.900. The van der Waals surface area contributed by atoms with Crippen LogP contribution < -0.4 is 15.4 Å². The van der Waals surface area contributed by atoms with Gasteiger partial charge < -0.3 is 20.1 Å². The Morgan fingerprint density at radius 1 is 1.26 bits per heavy atom. The highest BCUT2D eigenvalue weighted by Gasteiger charge is 2.36. The SMILES string of the molecule is Cc1c2c(nn1C1CC(F)CN(C3COC3)C1)OCC[C@@H](C)Nc1nc(ncc1Cl)N2. The molecule has 0 saturated carbocycles. The maximum absolute atomic E-state index is 14.6. The highest BCUT2D eigenvalue weighted by molar-refractivity contribution is 6.32. The Balaban J connectivity index is 1.47. The first kappa shape index (κ1) is 20.7. The number of fused-ring (bicyclic) bond motifs is 3. The van der Waals surface area contributed by atoms with E-state index in [1.54, 1.807) is 6.20 Å². The summed E-state index contributed by atoms with van der Waals surface area (Å²) in [4.78, 5) is 11.0. The molecule has 2 unspecified atom stereocenters. The van der Waals surface area contributed by atoms with Crippen molar-refractivity contribution >= 4 is 29.1 Å². The molecular formula is C20H27ClFN7O2. The highest BCUT2D eigenvalue weighted by atomic mass is 35.5. The second kappa shape index (κ2) is 8.40. The number of alkyl halides is 1. The lowest BCUT2D eigenvalue weighted by molar-refractivity contribution is -0.0856. The van der Waals surface area contributed by atoms with Gasteiger partial charge in [-0.15, -0.1) is 5.10 Å². The minimum absolute atomic E-state index is 0.0857. The Morgan fingerprint density at radius 2 is 2.10 bits per heavy atom. The van der Waals surface area contributed by atoms with E-state index in [-0.39, 0.29) is 18.1 Å². The van der Waals surface area contributed by atoms with Crippen LogP contribution in [-0.2, 0) is 4.74 Å². The molecular weight excluding hydrogens is 425 g/mol. The van der Waals surface area contributed by atoms with Gasteiger partial charge in [-0.2, -0.15) is 4.98 Å². The summed E-state index contributed by atoms with van der Waals surface area (Å²) in [5.74, 6) is 1.45. The minimum Gasteiger partial charge on any atom is -0.475 e. The summed E-state index contributed by atoms with van der Waals surface area (Å²) in [7, 11) is 0. The van der Waals surface area contributed by atoms with E-state index in [1.807, 2.05) is 18.5 Å². The lowest BCUT2D eigenvalue weighted by Gasteiger charge is -2.43. The molecule has 2 saturated heterocycles. The van der Waals surface area contributed by atoms with Crippen LogP contribution in [0.15, 0.2) is 6.20 Å². The fraction of sp³-hybridized carbons (Fsp3) is 0.650. The Morgan fingerprint density at radius 3 is 2.87 bits per heavy atom. The molecule has 31 heavy (non-hydrogen) atoms. The van der Waals surface area contributed by atoms with Crippen LogP contribution >= 0.6 is 11.6 Å². The zero-order chi connectivity index (χ0) is 21.5. The van der Waals surface area contributed by atoms with E-state index < -0.39 is 6.17 Å². The van der Waals surface area contributed by atoms with Gasteiger partial charge in [0.25, 0.3) is 5.88 Å². The monoisotopic (exact) mass is 451 g/mol. The van der Waals surface area contributed by atoms with Crippen LogP contribution in [0, 0.1) is 6.92 Å². The zero-order valence-corrected chi connectivity index (χ0v) is 18.4. The number of hydrogen-bond donors (Lipinski definition) is 2. The van der Waals surface area contributed by atoms with Crippen LogP contribution in [0.1, 0.15) is 31.5 Å². The number of ether oxygens (including phenoxy) is 2. The Labute approximate surface area is 185 Å². The largest absolute Gasteiger partial charge is 0.475 e. The summed E-state index contributed by atoms with van der Waals surface area (Å²) in [6.07, 6.45) is 1.83. The van der Waals surface area contributed by atoms with Crippen LogP contribution in [0.3, 0.4) is 0 Å². The van der Waals surface area contributed by atoms with Gasteiger partial charge in [0.1, 0.15) is 16.9 Å². The van der Waals surface area contributed by atoms with Crippen molar-refractivity contribution < 1.29 is 13.9 Å². The lowest BCUT2D eigenvalue weighted by Crippen LogP contribution is -2.55. The lowest BCUT2D eigenvalue weighted by atomic mass is 10.0. The average molecular weight is 452 g/mol. The Hall–Kier alpha value is -2.17. The van der Waals surface area contributed by atoms with Crippen molar-refractivity contribution in [2.24, 2.45) is 0 Å². The summed E-state index contributed by atoms with van der Waals surface area (Å²) < 4.78 is 27.8. The standard InChI is InChI=1S/C20H27ClFN7O2/c1-11-3-4-31-19-17(25-20-23-6-16(21)18(24-11)26-20)12(2)29(27-19)14-5-13(22)7-28(8-14)15-9-30-10-15/h6,11,13-15H,3-5,7-10H2,1-2H3,(H2,23,24,25,26)/t11-,13?,14?/m1/s1. The number of halogens is 2. The van der Waals surface area contributed by atoms with Crippen molar-refractivity contribution in [1.82, 2.24) is 24.6 Å². The number of nitrogens with one attached hydrogen (secondary N) is 2. The van der Waals surface area contributed by atoms with Crippen LogP contribution in [0.2, 0.25) is 5.02 Å². The van der Waals surface area contributed by atoms with Crippen molar-refractivity contribution in [1.29, 1.82) is 0 Å². The van der Waals surface area contributed by atoms with Gasteiger partial charge in [0.15, 0.2) is 5.82 Å². The van der Waals surface area contributed by atoms with E-state index in [2.05, 4.69) is 25.5 Å². The maximum atomic E-state index is 14.6. The molecule has 0 amide bonds. The summed E-state index contributed by atoms with van der Waals surface area (Å²) >= 11 is 6.25. The van der Waals surface area contributed by atoms with Crippen LogP contribution in [0.25, 0.3) is 0 Å². The molecule has 3 atom stereocenters.